The first kappa shape index (κ1) is 19.6. The molecule has 0 saturated carbocycles. The summed E-state index contributed by atoms with van der Waals surface area (Å²) in [6.07, 6.45) is 0. The summed E-state index contributed by atoms with van der Waals surface area (Å²) < 4.78 is 6.64. The Morgan fingerprint density at radius 1 is 1.07 bits per heavy atom. The van der Waals surface area contributed by atoms with Crippen LogP contribution in [0.1, 0.15) is 17.3 Å². The summed E-state index contributed by atoms with van der Waals surface area (Å²) in [5.74, 6) is 0.403. The molecule has 0 atom stereocenters. The zero-order valence-electron chi connectivity index (χ0n) is 15.6. The highest BCUT2D eigenvalue weighted by Gasteiger charge is 2.14. The number of anilines is 1. The van der Waals surface area contributed by atoms with Gasteiger partial charge in [0.1, 0.15) is 0 Å². The van der Waals surface area contributed by atoms with Gasteiger partial charge in [-0.3, -0.25) is 4.79 Å². The van der Waals surface area contributed by atoms with Gasteiger partial charge in [-0.2, -0.15) is 0 Å². The molecular formula is C20H20N4O3S. The maximum Gasteiger partial charge on any atom is 0.337 e. The van der Waals surface area contributed by atoms with Gasteiger partial charge in [-0.05, 0) is 31.2 Å². The van der Waals surface area contributed by atoms with Gasteiger partial charge in [-0.25, -0.2) is 4.79 Å². The van der Waals surface area contributed by atoms with Crippen LogP contribution < -0.4 is 5.32 Å². The Kier molecular flexibility index (Phi) is 6.44. The maximum absolute atomic E-state index is 12.3. The van der Waals surface area contributed by atoms with E-state index in [1.165, 1.54) is 18.9 Å². The molecule has 1 heterocycles. The quantitative estimate of drug-likeness (QED) is 0.486. The molecule has 0 aliphatic carbocycles. The number of carbonyl (C=O) groups is 2. The van der Waals surface area contributed by atoms with Crippen LogP contribution >= 0.6 is 11.8 Å². The van der Waals surface area contributed by atoms with Crippen molar-refractivity contribution in [2.45, 2.75) is 18.6 Å². The molecule has 0 unspecified atom stereocenters. The molecule has 8 heteroatoms. The Hall–Kier alpha value is -3.13. The highest BCUT2D eigenvalue weighted by atomic mass is 32.2. The van der Waals surface area contributed by atoms with Crippen LogP contribution in [0.4, 0.5) is 5.69 Å². The van der Waals surface area contributed by atoms with Crippen molar-refractivity contribution in [3.63, 3.8) is 0 Å². The van der Waals surface area contributed by atoms with E-state index in [2.05, 4.69) is 20.3 Å². The van der Waals surface area contributed by atoms with Crippen LogP contribution in [0.25, 0.3) is 11.4 Å². The molecule has 7 nitrogen and oxygen atoms in total. The number of nitrogens with one attached hydrogen (secondary N) is 1. The van der Waals surface area contributed by atoms with E-state index in [0.717, 1.165) is 11.4 Å². The van der Waals surface area contributed by atoms with Gasteiger partial charge in [-0.15, -0.1) is 10.2 Å². The summed E-state index contributed by atoms with van der Waals surface area (Å²) in [4.78, 5) is 23.7. The summed E-state index contributed by atoms with van der Waals surface area (Å²) in [6.45, 7) is 2.72. The number of hydrogen-bond acceptors (Lipinski definition) is 6. The van der Waals surface area contributed by atoms with Crippen molar-refractivity contribution in [3.8, 4) is 11.4 Å². The summed E-state index contributed by atoms with van der Waals surface area (Å²) >= 11 is 1.33. The molecule has 0 fully saturated rings. The fourth-order valence-electron chi connectivity index (χ4n) is 2.62. The molecule has 0 radical (unpaired) electrons. The van der Waals surface area contributed by atoms with E-state index < -0.39 is 5.97 Å². The molecule has 144 valence electrons. The highest BCUT2D eigenvalue weighted by Crippen LogP contribution is 2.24. The van der Waals surface area contributed by atoms with E-state index in [9.17, 15) is 9.59 Å². The fraction of sp³-hybridized carbons (Fsp3) is 0.200. The molecule has 0 saturated heterocycles. The van der Waals surface area contributed by atoms with Crippen LogP contribution in [0.5, 0.6) is 0 Å². The third-order valence-corrected chi connectivity index (χ3v) is 4.95. The Morgan fingerprint density at radius 3 is 2.43 bits per heavy atom. The van der Waals surface area contributed by atoms with E-state index >= 15 is 0 Å². The van der Waals surface area contributed by atoms with Gasteiger partial charge in [0, 0.05) is 17.8 Å². The topological polar surface area (TPSA) is 86.1 Å². The van der Waals surface area contributed by atoms with Crippen molar-refractivity contribution in [2.24, 2.45) is 0 Å². The molecule has 0 aliphatic rings. The van der Waals surface area contributed by atoms with Crippen molar-refractivity contribution in [3.05, 3.63) is 60.2 Å². The molecule has 28 heavy (non-hydrogen) atoms. The van der Waals surface area contributed by atoms with E-state index in [-0.39, 0.29) is 11.7 Å². The standard InChI is InChI=1S/C20H20N4O3S/c1-3-24-18(14-7-5-4-6-8-14)22-23-20(24)28-13-17(25)21-16-11-9-15(10-12-16)19(26)27-2/h4-12H,3,13H2,1-2H3,(H,21,25). The van der Waals surface area contributed by atoms with Crippen LogP contribution in [0.2, 0.25) is 0 Å². The van der Waals surface area contributed by atoms with Crippen molar-refractivity contribution in [2.75, 3.05) is 18.2 Å². The number of amides is 1. The van der Waals surface area contributed by atoms with Gasteiger partial charge in [0.15, 0.2) is 11.0 Å². The van der Waals surface area contributed by atoms with Crippen LogP contribution in [-0.4, -0.2) is 39.5 Å². The summed E-state index contributed by atoms with van der Waals surface area (Å²) in [7, 11) is 1.33. The third kappa shape index (κ3) is 4.58. The Bertz CT molecular complexity index is 955. The van der Waals surface area contributed by atoms with Crippen LogP contribution in [0.3, 0.4) is 0 Å². The van der Waals surface area contributed by atoms with Gasteiger partial charge in [0.2, 0.25) is 5.91 Å². The second-order valence-electron chi connectivity index (χ2n) is 5.82. The maximum atomic E-state index is 12.3. The Balaban J connectivity index is 1.62. The molecule has 1 aromatic heterocycles. The number of aromatic nitrogens is 3. The third-order valence-electron chi connectivity index (χ3n) is 3.99. The number of thioether (sulfide) groups is 1. The lowest BCUT2D eigenvalue weighted by Crippen LogP contribution is -2.14. The van der Waals surface area contributed by atoms with E-state index in [1.54, 1.807) is 24.3 Å². The predicted molar refractivity (Wildman–Crippen MR) is 108 cm³/mol. The zero-order chi connectivity index (χ0) is 19.9. The second kappa shape index (κ2) is 9.18. The van der Waals surface area contributed by atoms with Gasteiger partial charge >= 0.3 is 5.97 Å². The van der Waals surface area contributed by atoms with Gasteiger partial charge in [-0.1, -0.05) is 42.1 Å². The number of hydrogen-bond donors (Lipinski definition) is 1. The minimum Gasteiger partial charge on any atom is -0.465 e. The van der Waals surface area contributed by atoms with Crippen molar-refractivity contribution >= 4 is 29.3 Å². The minimum absolute atomic E-state index is 0.164. The first-order chi connectivity index (χ1) is 13.6. The lowest BCUT2D eigenvalue weighted by atomic mass is 10.2. The number of esters is 1. The average molecular weight is 396 g/mol. The lowest BCUT2D eigenvalue weighted by molar-refractivity contribution is -0.113. The number of rotatable bonds is 7. The molecule has 2 aromatic carbocycles. The molecule has 0 aliphatic heterocycles. The van der Waals surface area contributed by atoms with Crippen molar-refractivity contribution < 1.29 is 14.3 Å². The van der Waals surface area contributed by atoms with Gasteiger partial charge in [0.05, 0.1) is 18.4 Å². The molecule has 0 spiro atoms. The largest absolute Gasteiger partial charge is 0.465 e. The molecule has 1 N–H and O–H groups in total. The van der Waals surface area contributed by atoms with Crippen LogP contribution in [-0.2, 0) is 16.1 Å². The number of ether oxygens (including phenoxy) is 1. The highest BCUT2D eigenvalue weighted by molar-refractivity contribution is 7.99. The SMILES string of the molecule is CCn1c(SCC(=O)Nc2ccc(C(=O)OC)cc2)nnc1-c1ccccc1. The van der Waals surface area contributed by atoms with Gasteiger partial charge in [0.25, 0.3) is 0 Å². The summed E-state index contributed by atoms with van der Waals surface area (Å²) in [6, 6.07) is 16.4. The zero-order valence-corrected chi connectivity index (χ0v) is 16.4. The molecular weight excluding hydrogens is 376 g/mol. The van der Waals surface area contributed by atoms with Crippen molar-refractivity contribution in [1.82, 2.24) is 14.8 Å². The number of carbonyl (C=O) groups excluding carboxylic acids is 2. The Labute approximate surface area is 167 Å². The first-order valence-corrected chi connectivity index (χ1v) is 9.70. The minimum atomic E-state index is -0.415. The summed E-state index contributed by atoms with van der Waals surface area (Å²) in [5, 5.41) is 12.0. The van der Waals surface area contributed by atoms with E-state index in [0.29, 0.717) is 23.0 Å². The Morgan fingerprint density at radius 2 is 1.79 bits per heavy atom. The van der Waals surface area contributed by atoms with Crippen LogP contribution in [0.15, 0.2) is 59.8 Å². The van der Waals surface area contributed by atoms with E-state index in [4.69, 9.17) is 0 Å². The number of nitrogens with zero attached hydrogens (tertiary/aromatic N) is 3. The first-order valence-electron chi connectivity index (χ1n) is 8.72. The van der Waals surface area contributed by atoms with Crippen molar-refractivity contribution in [1.29, 1.82) is 0 Å². The summed E-state index contributed by atoms with van der Waals surface area (Å²) in [5.41, 5.74) is 2.03. The smallest absolute Gasteiger partial charge is 0.337 e. The molecule has 1 amide bonds. The lowest BCUT2D eigenvalue weighted by Gasteiger charge is -2.08. The number of methoxy groups -OCH3 is 1. The molecule has 0 bridgehead atoms. The fourth-order valence-corrected chi connectivity index (χ4v) is 3.42. The normalized spacial score (nSPS) is 10.5. The molecule has 3 aromatic rings. The second-order valence-corrected chi connectivity index (χ2v) is 6.76. The average Bonchev–Trinajstić information content (AvgIpc) is 3.16. The van der Waals surface area contributed by atoms with Crippen LogP contribution in [0, 0.1) is 0 Å². The van der Waals surface area contributed by atoms with E-state index in [1.807, 2.05) is 41.8 Å². The number of benzene rings is 2. The monoisotopic (exact) mass is 396 g/mol. The molecule has 3 rings (SSSR count). The predicted octanol–water partition coefficient (Wildman–Crippen LogP) is 3.48. The van der Waals surface area contributed by atoms with Gasteiger partial charge < -0.3 is 14.6 Å².